The number of terminal acetylenes is 1. The van der Waals surface area contributed by atoms with Crippen LogP contribution in [-0.4, -0.2) is 4.98 Å². The third kappa shape index (κ3) is 1.79. The average Bonchev–Trinajstić information content (AvgIpc) is 2.92. The van der Waals surface area contributed by atoms with Crippen LogP contribution in [0.25, 0.3) is 33.2 Å². The molecule has 2 nitrogen and oxygen atoms in total. The van der Waals surface area contributed by atoms with Gasteiger partial charge in [-0.1, -0.05) is 30.2 Å². The fourth-order valence-electron chi connectivity index (χ4n) is 2.63. The van der Waals surface area contributed by atoms with E-state index in [0.29, 0.717) is 0 Å². The molecule has 0 aliphatic carbocycles. The van der Waals surface area contributed by atoms with Gasteiger partial charge in [-0.3, -0.25) is 4.98 Å². The van der Waals surface area contributed by atoms with Gasteiger partial charge in [0, 0.05) is 22.5 Å². The zero-order valence-corrected chi connectivity index (χ0v) is 11.2. The Kier molecular flexibility index (Phi) is 2.52. The van der Waals surface area contributed by atoms with Crippen molar-refractivity contribution in [2.75, 3.05) is 0 Å². The minimum atomic E-state index is 0.785. The van der Waals surface area contributed by atoms with E-state index >= 15 is 0 Å². The van der Waals surface area contributed by atoms with Crippen LogP contribution < -0.4 is 0 Å². The Balaban J connectivity index is 1.99. The van der Waals surface area contributed by atoms with Gasteiger partial charge in [0.15, 0.2) is 0 Å². The molecular weight excluding hydrogens is 258 g/mol. The number of hydrogen-bond donors (Lipinski definition) is 0. The van der Waals surface area contributed by atoms with E-state index in [-0.39, 0.29) is 0 Å². The molecule has 4 aromatic rings. The second kappa shape index (κ2) is 4.50. The second-order valence-corrected chi connectivity index (χ2v) is 4.85. The molecule has 0 saturated heterocycles. The number of furan rings is 1. The summed E-state index contributed by atoms with van der Waals surface area (Å²) in [7, 11) is 0. The molecule has 2 aromatic carbocycles. The number of fused-ring (bicyclic) bond motifs is 3. The fourth-order valence-corrected chi connectivity index (χ4v) is 2.63. The summed E-state index contributed by atoms with van der Waals surface area (Å²) in [6, 6.07) is 17.9. The molecule has 0 N–H and O–H groups in total. The third-order valence-corrected chi connectivity index (χ3v) is 3.62. The van der Waals surface area contributed by atoms with Crippen LogP contribution in [0.15, 0.2) is 65.2 Å². The number of para-hydroxylation sites is 1. The Morgan fingerprint density at radius 3 is 2.67 bits per heavy atom. The average molecular weight is 269 g/mol. The van der Waals surface area contributed by atoms with Crippen molar-refractivity contribution >= 4 is 21.9 Å². The molecule has 0 aliphatic rings. The normalized spacial score (nSPS) is 10.8. The molecule has 0 amide bonds. The number of rotatable bonds is 1. The highest BCUT2D eigenvalue weighted by atomic mass is 16.3. The van der Waals surface area contributed by atoms with Crippen molar-refractivity contribution in [2.24, 2.45) is 0 Å². The van der Waals surface area contributed by atoms with E-state index < -0.39 is 0 Å². The van der Waals surface area contributed by atoms with Crippen molar-refractivity contribution in [3.8, 4) is 23.6 Å². The van der Waals surface area contributed by atoms with E-state index in [1.54, 1.807) is 6.20 Å². The first-order valence-corrected chi connectivity index (χ1v) is 6.70. The number of pyridine rings is 1. The van der Waals surface area contributed by atoms with Crippen molar-refractivity contribution in [2.45, 2.75) is 0 Å². The quantitative estimate of drug-likeness (QED) is 0.471. The lowest BCUT2D eigenvalue weighted by Crippen LogP contribution is -1.87. The highest BCUT2D eigenvalue weighted by Crippen LogP contribution is 2.32. The Morgan fingerprint density at radius 1 is 0.905 bits per heavy atom. The largest absolute Gasteiger partial charge is 0.456 e. The molecule has 2 heterocycles. The molecule has 0 atom stereocenters. The summed E-state index contributed by atoms with van der Waals surface area (Å²) in [5.41, 5.74) is 4.30. The monoisotopic (exact) mass is 269 g/mol. The molecule has 0 fully saturated rings. The van der Waals surface area contributed by atoms with Crippen molar-refractivity contribution in [1.82, 2.24) is 4.98 Å². The molecule has 21 heavy (non-hydrogen) atoms. The minimum Gasteiger partial charge on any atom is -0.456 e. The third-order valence-electron chi connectivity index (χ3n) is 3.62. The first-order valence-electron chi connectivity index (χ1n) is 6.70. The predicted molar refractivity (Wildman–Crippen MR) is 84.9 cm³/mol. The van der Waals surface area contributed by atoms with Crippen LogP contribution >= 0.6 is 0 Å². The van der Waals surface area contributed by atoms with Crippen molar-refractivity contribution in [1.29, 1.82) is 0 Å². The summed E-state index contributed by atoms with van der Waals surface area (Å²) in [4.78, 5) is 4.40. The van der Waals surface area contributed by atoms with Gasteiger partial charge in [-0.25, -0.2) is 0 Å². The smallest absolute Gasteiger partial charge is 0.136 e. The zero-order valence-electron chi connectivity index (χ0n) is 11.2. The maximum Gasteiger partial charge on any atom is 0.136 e. The molecule has 2 aromatic heterocycles. The molecule has 2 heteroatoms. The summed E-state index contributed by atoms with van der Waals surface area (Å²) in [5.74, 6) is 2.68. The molecule has 0 spiro atoms. The van der Waals surface area contributed by atoms with Gasteiger partial charge >= 0.3 is 0 Å². The van der Waals surface area contributed by atoms with Crippen LogP contribution in [0.4, 0.5) is 0 Å². The second-order valence-electron chi connectivity index (χ2n) is 4.85. The summed E-state index contributed by atoms with van der Waals surface area (Å²) >= 11 is 0. The summed E-state index contributed by atoms with van der Waals surface area (Å²) in [6.45, 7) is 0. The van der Waals surface area contributed by atoms with Crippen molar-refractivity contribution in [3.05, 3.63) is 66.4 Å². The maximum atomic E-state index is 5.91. The Bertz CT molecular complexity index is 1000. The fraction of sp³-hybridized carbons (Fsp3) is 0. The molecule has 0 aliphatic heterocycles. The first-order chi connectivity index (χ1) is 10.4. The van der Waals surface area contributed by atoms with E-state index in [4.69, 9.17) is 10.8 Å². The van der Waals surface area contributed by atoms with E-state index in [9.17, 15) is 0 Å². The molecule has 4 rings (SSSR count). The Labute approximate surface area is 122 Å². The van der Waals surface area contributed by atoms with Crippen LogP contribution in [0.2, 0.25) is 0 Å². The van der Waals surface area contributed by atoms with Crippen LogP contribution in [0.3, 0.4) is 0 Å². The maximum absolute atomic E-state index is 5.91. The number of hydrogen-bond acceptors (Lipinski definition) is 2. The zero-order chi connectivity index (χ0) is 14.2. The lowest BCUT2D eigenvalue weighted by Gasteiger charge is -2.03. The van der Waals surface area contributed by atoms with Gasteiger partial charge in [0.25, 0.3) is 0 Å². The summed E-state index contributed by atoms with van der Waals surface area (Å²) in [6.07, 6.45) is 7.30. The molecule has 0 unspecified atom stereocenters. The SMILES string of the molecule is C#Cc1cccnc1-c1ccc2c(c1)oc1ccccc12. The molecule has 0 bridgehead atoms. The van der Waals surface area contributed by atoms with Gasteiger partial charge in [0.1, 0.15) is 11.2 Å². The van der Waals surface area contributed by atoms with Gasteiger partial charge in [-0.2, -0.15) is 0 Å². The van der Waals surface area contributed by atoms with Gasteiger partial charge < -0.3 is 4.42 Å². The van der Waals surface area contributed by atoms with Crippen molar-refractivity contribution in [3.63, 3.8) is 0 Å². The Hall–Kier alpha value is -3.05. The van der Waals surface area contributed by atoms with Crippen molar-refractivity contribution < 1.29 is 4.42 Å². The lowest BCUT2D eigenvalue weighted by molar-refractivity contribution is 0.669. The van der Waals surface area contributed by atoms with E-state index in [2.05, 4.69) is 23.0 Å². The topological polar surface area (TPSA) is 26.0 Å². The van der Waals surface area contributed by atoms with Crippen LogP contribution in [0.5, 0.6) is 0 Å². The summed E-state index contributed by atoms with van der Waals surface area (Å²) in [5, 5.41) is 2.23. The predicted octanol–water partition coefficient (Wildman–Crippen LogP) is 4.63. The highest BCUT2D eigenvalue weighted by molar-refractivity contribution is 6.05. The van der Waals surface area contributed by atoms with E-state index in [1.165, 1.54) is 0 Å². The molecule has 0 radical (unpaired) electrons. The summed E-state index contributed by atoms with van der Waals surface area (Å²) < 4.78 is 5.91. The van der Waals surface area contributed by atoms with Gasteiger partial charge in [0.05, 0.1) is 11.3 Å². The molecule has 98 valence electrons. The number of benzene rings is 2. The van der Waals surface area contributed by atoms with E-state index in [0.717, 1.165) is 38.8 Å². The van der Waals surface area contributed by atoms with Crippen LogP contribution in [0.1, 0.15) is 5.56 Å². The first kappa shape index (κ1) is 11.7. The van der Waals surface area contributed by atoms with Gasteiger partial charge in [-0.05, 0) is 30.3 Å². The van der Waals surface area contributed by atoms with Crippen LogP contribution in [-0.2, 0) is 0 Å². The lowest BCUT2D eigenvalue weighted by atomic mass is 10.0. The number of nitrogens with zero attached hydrogens (tertiary/aromatic N) is 1. The minimum absolute atomic E-state index is 0.785. The standard InChI is InChI=1S/C19H11NO/c1-2-13-6-5-11-20-19(13)14-9-10-16-15-7-3-4-8-17(15)21-18(16)12-14/h1,3-12H. The van der Waals surface area contributed by atoms with Gasteiger partial charge in [-0.15, -0.1) is 6.42 Å². The van der Waals surface area contributed by atoms with Crippen LogP contribution in [0, 0.1) is 12.3 Å². The molecular formula is C19H11NO. The number of aromatic nitrogens is 1. The highest BCUT2D eigenvalue weighted by Gasteiger charge is 2.10. The Morgan fingerprint density at radius 2 is 1.76 bits per heavy atom. The molecule has 0 saturated carbocycles. The van der Waals surface area contributed by atoms with E-state index in [1.807, 2.05) is 42.5 Å². The van der Waals surface area contributed by atoms with Gasteiger partial charge in [0.2, 0.25) is 0 Å².